The van der Waals surface area contributed by atoms with Crippen molar-refractivity contribution in [3.05, 3.63) is 71.2 Å². The second-order valence-electron chi connectivity index (χ2n) is 9.14. The van der Waals surface area contributed by atoms with Crippen molar-refractivity contribution in [3.8, 4) is 16.2 Å². The summed E-state index contributed by atoms with van der Waals surface area (Å²) in [5.74, 6) is -1.07. The van der Waals surface area contributed by atoms with Gasteiger partial charge in [0.2, 0.25) is 0 Å². The van der Waals surface area contributed by atoms with E-state index in [1.54, 1.807) is 30.3 Å². The number of carboxylic acids is 1. The van der Waals surface area contributed by atoms with E-state index in [1.807, 2.05) is 24.3 Å². The highest BCUT2D eigenvalue weighted by Gasteiger charge is 2.63. The van der Waals surface area contributed by atoms with Gasteiger partial charge < -0.3 is 14.6 Å². The number of hydrogen-bond acceptors (Lipinski definition) is 7. The molecule has 0 spiro atoms. The highest BCUT2D eigenvalue weighted by atomic mass is 35.5. The van der Waals surface area contributed by atoms with Crippen LogP contribution in [0.15, 0.2) is 64.9 Å². The second-order valence-corrected chi connectivity index (χ2v) is 12.6. The third-order valence-corrected chi connectivity index (χ3v) is 10.1. The van der Waals surface area contributed by atoms with Crippen molar-refractivity contribution >= 4 is 38.9 Å². The molecule has 11 heteroatoms. The van der Waals surface area contributed by atoms with E-state index in [0.29, 0.717) is 17.4 Å². The summed E-state index contributed by atoms with van der Waals surface area (Å²) in [5.41, 5.74) is -0.0455. The van der Waals surface area contributed by atoms with Crippen molar-refractivity contribution in [1.82, 2.24) is 9.62 Å². The Hall–Kier alpha value is -2.47. The average Bonchev–Trinajstić information content (AvgIpc) is 3.38. The number of rotatable bonds is 10. The molecule has 1 aromatic heterocycles. The van der Waals surface area contributed by atoms with E-state index < -0.39 is 27.4 Å². The zero-order chi connectivity index (χ0) is 26.0. The van der Waals surface area contributed by atoms with Crippen molar-refractivity contribution in [2.24, 2.45) is 0 Å². The van der Waals surface area contributed by atoms with Gasteiger partial charge in [-0.1, -0.05) is 35.9 Å². The molecule has 5 rings (SSSR count). The van der Waals surface area contributed by atoms with Crippen LogP contribution < -0.4 is 9.46 Å². The molecule has 8 nitrogen and oxygen atoms in total. The van der Waals surface area contributed by atoms with E-state index >= 15 is 0 Å². The maximum absolute atomic E-state index is 13.2. The molecule has 0 bridgehead atoms. The van der Waals surface area contributed by atoms with E-state index in [9.17, 15) is 18.3 Å². The van der Waals surface area contributed by atoms with E-state index in [2.05, 4.69) is 9.62 Å². The van der Waals surface area contributed by atoms with Crippen LogP contribution in [0.3, 0.4) is 0 Å². The van der Waals surface area contributed by atoms with Crippen LogP contribution in [0, 0.1) is 0 Å². The zero-order valence-electron chi connectivity index (χ0n) is 19.9. The largest absolute Gasteiger partial charge is 0.492 e. The summed E-state index contributed by atoms with van der Waals surface area (Å²) in [6.45, 7) is 4.46. The molecule has 0 amide bonds. The summed E-state index contributed by atoms with van der Waals surface area (Å²) in [5, 5.41) is 10.6. The van der Waals surface area contributed by atoms with Crippen LogP contribution in [0.1, 0.15) is 17.9 Å². The molecular formula is C26H27ClN2O6S2. The third-order valence-electron chi connectivity index (χ3n) is 6.67. The first kappa shape index (κ1) is 26.1. The number of nitrogens with zero attached hydrogens (tertiary/aromatic N) is 1. The molecule has 0 radical (unpaired) electrons. The van der Waals surface area contributed by atoms with Crippen LogP contribution in [0.5, 0.6) is 5.75 Å². The van der Waals surface area contributed by atoms with Gasteiger partial charge in [-0.3, -0.25) is 9.69 Å². The number of ether oxygens (including phenoxy) is 2. The maximum atomic E-state index is 13.2. The van der Waals surface area contributed by atoms with Crippen LogP contribution in [-0.4, -0.2) is 69.4 Å². The fourth-order valence-electron chi connectivity index (χ4n) is 4.52. The Bertz CT molecular complexity index is 1370. The predicted molar refractivity (Wildman–Crippen MR) is 142 cm³/mol. The van der Waals surface area contributed by atoms with Gasteiger partial charge >= 0.3 is 5.97 Å². The lowest BCUT2D eigenvalue weighted by Gasteiger charge is -2.26. The molecule has 2 heterocycles. The van der Waals surface area contributed by atoms with Crippen molar-refractivity contribution in [2.45, 2.75) is 22.1 Å². The highest BCUT2D eigenvalue weighted by Crippen LogP contribution is 2.53. The first-order chi connectivity index (χ1) is 17.8. The summed E-state index contributed by atoms with van der Waals surface area (Å²) in [6, 6.07) is 17.5. The Labute approximate surface area is 224 Å². The standard InChI is InChI=1S/C26H27ClN2O6S2/c27-20-6-4-18(5-7-20)23-8-9-24(36-23)37(32,33)28-26(25(30)31)17-22(26)19-2-1-3-21(16-19)35-15-12-29-10-13-34-14-11-29/h1-9,16,22,28H,10-15,17H2,(H,30,31)/t22-,26+/m0/s1. The van der Waals surface area contributed by atoms with E-state index in [-0.39, 0.29) is 10.6 Å². The van der Waals surface area contributed by atoms with Gasteiger partial charge in [-0.25, -0.2) is 8.42 Å². The Morgan fingerprint density at radius 3 is 2.65 bits per heavy atom. The lowest BCUT2D eigenvalue weighted by atomic mass is 10.1. The summed E-state index contributed by atoms with van der Waals surface area (Å²) >= 11 is 7.03. The number of benzene rings is 2. The quantitative estimate of drug-likeness (QED) is 0.384. The van der Waals surface area contributed by atoms with Gasteiger partial charge in [-0.05, 0) is 53.9 Å². The van der Waals surface area contributed by atoms with Crippen LogP contribution in [0.4, 0.5) is 0 Å². The number of aliphatic carboxylic acids is 1. The lowest BCUT2D eigenvalue weighted by Crippen LogP contribution is -2.44. The van der Waals surface area contributed by atoms with E-state index in [4.69, 9.17) is 21.1 Å². The van der Waals surface area contributed by atoms with Crippen LogP contribution in [0.2, 0.25) is 5.02 Å². The number of hydrogen-bond donors (Lipinski definition) is 2. The van der Waals surface area contributed by atoms with Gasteiger partial charge in [0.15, 0.2) is 0 Å². The zero-order valence-corrected chi connectivity index (χ0v) is 22.3. The number of halogens is 1. The molecule has 1 saturated carbocycles. The van der Waals surface area contributed by atoms with Crippen molar-refractivity contribution in [3.63, 3.8) is 0 Å². The minimum atomic E-state index is -4.06. The van der Waals surface area contributed by atoms with Crippen molar-refractivity contribution in [2.75, 3.05) is 39.5 Å². The Morgan fingerprint density at radius 1 is 1.16 bits per heavy atom. The molecule has 37 heavy (non-hydrogen) atoms. The van der Waals surface area contributed by atoms with Gasteiger partial charge in [-0.15, -0.1) is 11.3 Å². The summed E-state index contributed by atoms with van der Waals surface area (Å²) < 4.78 is 40.2. The van der Waals surface area contributed by atoms with Crippen molar-refractivity contribution < 1.29 is 27.8 Å². The molecule has 1 saturated heterocycles. The van der Waals surface area contributed by atoms with E-state index in [0.717, 1.165) is 60.2 Å². The van der Waals surface area contributed by atoms with Gasteiger partial charge in [-0.2, -0.15) is 4.72 Å². The molecule has 2 N–H and O–H groups in total. The first-order valence-corrected chi connectivity index (χ1v) is 14.6. The number of carbonyl (C=O) groups is 1. The third kappa shape index (κ3) is 5.84. The summed E-state index contributed by atoms with van der Waals surface area (Å²) in [4.78, 5) is 15.3. The minimum Gasteiger partial charge on any atom is -0.492 e. The number of carboxylic acid groups (broad SMARTS) is 1. The van der Waals surface area contributed by atoms with Crippen LogP contribution >= 0.6 is 22.9 Å². The molecule has 0 unspecified atom stereocenters. The Morgan fingerprint density at radius 2 is 1.92 bits per heavy atom. The average molecular weight is 563 g/mol. The normalized spacial score (nSPS) is 22.0. The number of morpholine rings is 1. The summed E-state index contributed by atoms with van der Waals surface area (Å²) in [7, 11) is -4.06. The minimum absolute atomic E-state index is 0.0592. The monoisotopic (exact) mass is 562 g/mol. The number of thiophene rings is 1. The SMILES string of the molecule is O=C(O)[C@@]1(NS(=O)(=O)c2ccc(-c3ccc(Cl)cc3)s2)C[C@H]1c1cccc(OCCN2CCOCC2)c1. The Balaban J connectivity index is 1.27. The number of sulfonamides is 1. The highest BCUT2D eigenvalue weighted by molar-refractivity contribution is 7.91. The van der Waals surface area contributed by atoms with Gasteiger partial charge in [0.1, 0.15) is 22.1 Å². The maximum Gasteiger partial charge on any atom is 0.325 e. The molecule has 1 aliphatic carbocycles. The molecule has 2 aromatic carbocycles. The molecule has 3 aromatic rings. The van der Waals surface area contributed by atoms with Crippen LogP contribution in [-0.2, 0) is 19.6 Å². The van der Waals surface area contributed by atoms with Gasteiger partial charge in [0, 0.05) is 35.5 Å². The molecular weight excluding hydrogens is 536 g/mol. The summed E-state index contributed by atoms with van der Waals surface area (Å²) in [6.07, 6.45) is 0.161. The van der Waals surface area contributed by atoms with Gasteiger partial charge in [0.05, 0.1) is 13.2 Å². The molecule has 1 aliphatic heterocycles. The molecule has 2 aliphatic rings. The van der Waals surface area contributed by atoms with Gasteiger partial charge in [0.25, 0.3) is 10.0 Å². The fraction of sp³-hybridized carbons (Fsp3) is 0.346. The van der Waals surface area contributed by atoms with Crippen molar-refractivity contribution in [1.29, 1.82) is 0 Å². The predicted octanol–water partition coefficient (Wildman–Crippen LogP) is 4.07. The van der Waals surface area contributed by atoms with E-state index in [1.165, 1.54) is 6.07 Å². The van der Waals surface area contributed by atoms with Crippen LogP contribution in [0.25, 0.3) is 10.4 Å². The number of nitrogens with one attached hydrogen (secondary N) is 1. The fourth-order valence-corrected chi connectivity index (χ4v) is 7.36. The lowest BCUT2D eigenvalue weighted by molar-refractivity contribution is -0.140. The smallest absolute Gasteiger partial charge is 0.325 e. The molecule has 196 valence electrons. The molecule has 2 atom stereocenters. The molecule has 2 fully saturated rings. The second kappa shape index (κ2) is 10.7. The Kier molecular flexibility index (Phi) is 7.58. The first-order valence-electron chi connectivity index (χ1n) is 11.9. The topological polar surface area (TPSA) is 105 Å².